The summed E-state index contributed by atoms with van der Waals surface area (Å²) in [5.41, 5.74) is 1.45. The highest BCUT2D eigenvalue weighted by Gasteiger charge is 2.29. The molecule has 0 N–H and O–H groups in total. The van der Waals surface area contributed by atoms with E-state index in [1.807, 2.05) is 48.5 Å². The average molecular weight is 440 g/mol. The van der Waals surface area contributed by atoms with Gasteiger partial charge in [0.25, 0.3) is 0 Å². The molecule has 0 spiro atoms. The lowest BCUT2D eigenvalue weighted by molar-refractivity contribution is 0.0689. The predicted octanol–water partition coefficient (Wildman–Crippen LogP) is 3.65. The van der Waals surface area contributed by atoms with E-state index >= 15 is 0 Å². The van der Waals surface area contributed by atoms with Gasteiger partial charge >= 0.3 is 6.09 Å². The largest absolute Gasteiger partial charge is 0.447 e. The molecule has 160 valence electrons. The molecule has 0 bridgehead atoms. The summed E-state index contributed by atoms with van der Waals surface area (Å²) < 4.78 is 5.57. The second-order valence-corrected chi connectivity index (χ2v) is 7.77. The van der Waals surface area contributed by atoms with Crippen LogP contribution in [0.4, 0.5) is 4.79 Å². The number of piperidine rings is 1. The summed E-state index contributed by atoms with van der Waals surface area (Å²) in [4.78, 5) is 28.3. The number of aromatic nitrogens is 4. The van der Waals surface area contributed by atoms with E-state index in [4.69, 9.17) is 16.3 Å². The van der Waals surface area contributed by atoms with E-state index in [2.05, 4.69) is 15.4 Å². The van der Waals surface area contributed by atoms with E-state index in [9.17, 15) is 9.59 Å². The number of hydrogen-bond acceptors (Lipinski definition) is 6. The first-order chi connectivity index (χ1) is 15.1. The number of nitrogens with zero attached hydrogens (tertiary/aromatic N) is 5. The molecule has 0 aliphatic carbocycles. The Kier molecular flexibility index (Phi) is 6.57. The van der Waals surface area contributed by atoms with Crippen LogP contribution in [0.5, 0.6) is 0 Å². The van der Waals surface area contributed by atoms with Crippen molar-refractivity contribution >= 4 is 23.5 Å². The molecule has 0 saturated carbocycles. The van der Waals surface area contributed by atoms with Crippen LogP contribution in [0.25, 0.3) is 0 Å². The van der Waals surface area contributed by atoms with Gasteiger partial charge in [0, 0.05) is 35.2 Å². The van der Waals surface area contributed by atoms with Crippen molar-refractivity contribution in [2.24, 2.45) is 5.92 Å². The van der Waals surface area contributed by atoms with Crippen LogP contribution < -0.4 is 0 Å². The molecule has 1 fully saturated rings. The van der Waals surface area contributed by atoms with E-state index in [0.29, 0.717) is 36.5 Å². The van der Waals surface area contributed by atoms with Gasteiger partial charge in [-0.2, -0.15) is 4.80 Å². The molecule has 1 aromatic heterocycles. The number of amides is 1. The van der Waals surface area contributed by atoms with Crippen LogP contribution in [0.1, 0.15) is 34.8 Å². The van der Waals surface area contributed by atoms with Crippen LogP contribution in [0.15, 0.2) is 60.9 Å². The van der Waals surface area contributed by atoms with Crippen LogP contribution in [-0.4, -0.2) is 56.7 Å². The predicted molar refractivity (Wildman–Crippen MR) is 114 cm³/mol. The summed E-state index contributed by atoms with van der Waals surface area (Å²) in [5, 5.41) is 12.3. The molecule has 1 unspecified atom stereocenters. The molecule has 9 heteroatoms. The SMILES string of the molecule is O=C(c1ccccc1)C1CCN(C(=O)OCC(c2ccccc2Cl)n2ncnn2)CC1. The van der Waals surface area contributed by atoms with Gasteiger partial charge < -0.3 is 9.64 Å². The van der Waals surface area contributed by atoms with Gasteiger partial charge in [0.15, 0.2) is 12.1 Å². The van der Waals surface area contributed by atoms with E-state index in [1.54, 1.807) is 11.0 Å². The number of carbonyl (C=O) groups excluding carboxylic acids is 2. The first-order valence-electron chi connectivity index (χ1n) is 10.1. The Labute approximate surface area is 184 Å². The van der Waals surface area contributed by atoms with Crippen molar-refractivity contribution in [3.63, 3.8) is 0 Å². The smallest absolute Gasteiger partial charge is 0.409 e. The molecule has 8 nitrogen and oxygen atoms in total. The molecule has 3 aromatic rings. The number of Topliss-reactive ketones (excluding diaryl/α,β-unsaturated/α-hetero) is 1. The zero-order valence-electron chi connectivity index (χ0n) is 16.8. The van der Waals surface area contributed by atoms with Crippen molar-refractivity contribution in [3.8, 4) is 0 Å². The Morgan fingerprint density at radius 2 is 1.77 bits per heavy atom. The number of tetrazole rings is 1. The van der Waals surface area contributed by atoms with Crippen LogP contribution in [-0.2, 0) is 4.74 Å². The minimum atomic E-state index is -0.489. The maximum absolute atomic E-state index is 12.7. The minimum absolute atomic E-state index is 0.0157. The summed E-state index contributed by atoms with van der Waals surface area (Å²) in [5.74, 6) is 0.0475. The highest BCUT2D eigenvalue weighted by atomic mass is 35.5. The van der Waals surface area contributed by atoms with Crippen LogP contribution in [0.3, 0.4) is 0 Å². The van der Waals surface area contributed by atoms with Crippen molar-refractivity contribution in [1.82, 2.24) is 25.1 Å². The van der Waals surface area contributed by atoms with Gasteiger partial charge in [-0.25, -0.2) is 4.79 Å². The number of ether oxygens (including phenoxy) is 1. The van der Waals surface area contributed by atoms with E-state index < -0.39 is 12.1 Å². The van der Waals surface area contributed by atoms with Crippen LogP contribution >= 0.6 is 11.6 Å². The molecule has 1 amide bonds. The van der Waals surface area contributed by atoms with E-state index in [0.717, 1.165) is 5.56 Å². The number of halogens is 1. The Bertz CT molecular complexity index is 1020. The number of ketones is 1. The molecular weight excluding hydrogens is 418 g/mol. The number of likely N-dealkylation sites (tertiary alicyclic amines) is 1. The first-order valence-corrected chi connectivity index (χ1v) is 10.5. The molecule has 0 radical (unpaired) electrons. The second kappa shape index (κ2) is 9.70. The number of rotatable bonds is 6. The highest BCUT2D eigenvalue weighted by molar-refractivity contribution is 6.31. The highest BCUT2D eigenvalue weighted by Crippen LogP contribution is 2.26. The fraction of sp³-hybridized carbons (Fsp3) is 0.318. The van der Waals surface area contributed by atoms with Crippen molar-refractivity contribution in [2.75, 3.05) is 19.7 Å². The van der Waals surface area contributed by atoms with Gasteiger partial charge in [0.05, 0.1) is 0 Å². The van der Waals surface area contributed by atoms with Gasteiger partial charge in [-0.3, -0.25) is 4.79 Å². The average Bonchev–Trinajstić information content (AvgIpc) is 3.35. The lowest BCUT2D eigenvalue weighted by atomic mass is 9.89. The molecule has 1 aliphatic rings. The third-order valence-corrected chi connectivity index (χ3v) is 5.80. The maximum atomic E-state index is 12.7. The quantitative estimate of drug-likeness (QED) is 0.544. The summed E-state index contributed by atoms with van der Waals surface area (Å²) >= 11 is 6.32. The van der Waals surface area contributed by atoms with Crippen molar-refractivity contribution < 1.29 is 14.3 Å². The second-order valence-electron chi connectivity index (χ2n) is 7.36. The van der Waals surface area contributed by atoms with Gasteiger partial charge in [-0.1, -0.05) is 60.1 Å². The molecule has 2 heterocycles. The Morgan fingerprint density at radius 3 is 2.45 bits per heavy atom. The summed E-state index contributed by atoms with van der Waals surface area (Å²) in [6, 6.07) is 16.1. The minimum Gasteiger partial charge on any atom is -0.447 e. The van der Waals surface area contributed by atoms with E-state index in [1.165, 1.54) is 11.1 Å². The van der Waals surface area contributed by atoms with Gasteiger partial charge in [0.1, 0.15) is 12.6 Å². The monoisotopic (exact) mass is 439 g/mol. The lowest BCUT2D eigenvalue weighted by Crippen LogP contribution is -2.41. The molecular formula is C22H22ClN5O3. The lowest BCUT2D eigenvalue weighted by Gasteiger charge is -2.31. The molecule has 2 aromatic carbocycles. The molecule has 4 rings (SSSR count). The first kappa shape index (κ1) is 21.0. The third kappa shape index (κ3) is 4.91. The zero-order valence-corrected chi connectivity index (χ0v) is 17.6. The summed E-state index contributed by atoms with van der Waals surface area (Å²) in [6.07, 6.45) is 2.12. The van der Waals surface area contributed by atoms with Crippen molar-refractivity contribution in [1.29, 1.82) is 0 Å². The fourth-order valence-corrected chi connectivity index (χ4v) is 4.01. The van der Waals surface area contributed by atoms with Gasteiger partial charge in [-0.15, -0.1) is 10.2 Å². The number of hydrogen-bond donors (Lipinski definition) is 0. The third-order valence-electron chi connectivity index (χ3n) is 5.45. The van der Waals surface area contributed by atoms with Gasteiger partial charge in [-0.05, 0) is 24.1 Å². The molecule has 1 aliphatic heterocycles. The molecule has 1 saturated heterocycles. The maximum Gasteiger partial charge on any atom is 0.409 e. The van der Waals surface area contributed by atoms with E-state index in [-0.39, 0.29) is 18.3 Å². The Morgan fingerprint density at radius 1 is 1.06 bits per heavy atom. The zero-order chi connectivity index (χ0) is 21.6. The number of carbonyl (C=O) groups is 2. The van der Waals surface area contributed by atoms with Crippen molar-refractivity contribution in [2.45, 2.75) is 18.9 Å². The van der Waals surface area contributed by atoms with Crippen LogP contribution in [0, 0.1) is 5.92 Å². The number of benzene rings is 2. The normalized spacial score (nSPS) is 15.5. The Balaban J connectivity index is 1.35. The topological polar surface area (TPSA) is 90.2 Å². The Hall–Kier alpha value is -3.26. The summed E-state index contributed by atoms with van der Waals surface area (Å²) in [7, 11) is 0. The van der Waals surface area contributed by atoms with Gasteiger partial charge in [0.2, 0.25) is 0 Å². The van der Waals surface area contributed by atoms with Crippen LogP contribution in [0.2, 0.25) is 5.02 Å². The summed E-state index contributed by atoms with van der Waals surface area (Å²) in [6.45, 7) is 0.961. The molecule has 1 atom stereocenters. The standard InChI is InChI=1S/C22H22ClN5O3/c23-19-9-5-4-8-18(19)20(28-25-15-24-26-28)14-31-22(30)27-12-10-17(11-13-27)21(29)16-6-2-1-3-7-16/h1-9,15,17,20H,10-14H2. The fourth-order valence-electron chi connectivity index (χ4n) is 3.75. The molecule has 31 heavy (non-hydrogen) atoms. The van der Waals surface area contributed by atoms with Crippen molar-refractivity contribution in [3.05, 3.63) is 77.1 Å².